The molecule has 62 valence electrons. The summed E-state index contributed by atoms with van der Waals surface area (Å²) in [6.07, 6.45) is -0.0159. The van der Waals surface area contributed by atoms with Gasteiger partial charge >= 0.3 is 0 Å². The summed E-state index contributed by atoms with van der Waals surface area (Å²) in [4.78, 5) is 0. The van der Waals surface area contributed by atoms with E-state index < -0.39 is 11.6 Å². The van der Waals surface area contributed by atoms with Crippen LogP contribution in [0.2, 0.25) is 0 Å². The summed E-state index contributed by atoms with van der Waals surface area (Å²) >= 11 is 0. The Kier molecular flexibility index (Phi) is 2.39. The Bertz CT molecular complexity index is 316. The molecule has 0 atom stereocenters. The highest BCUT2D eigenvalue weighted by atomic mass is 19.1. The Morgan fingerprint density at radius 2 is 2.08 bits per heavy atom. The second-order valence-electron chi connectivity index (χ2n) is 2.52. The second kappa shape index (κ2) is 3.31. The number of nitriles is 1. The SMILES string of the molecule is Cc1cc(F)cc(F)c1CC#N. The smallest absolute Gasteiger partial charge is 0.130 e. The minimum atomic E-state index is -0.644. The molecule has 0 unspecified atom stereocenters. The van der Waals surface area contributed by atoms with E-state index in [4.69, 9.17) is 5.26 Å². The van der Waals surface area contributed by atoms with E-state index in [0.717, 1.165) is 6.07 Å². The van der Waals surface area contributed by atoms with Crippen LogP contribution in [0.1, 0.15) is 11.1 Å². The molecule has 1 nitrogen and oxygen atoms in total. The van der Waals surface area contributed by atoms with Gasteiger partial charge in [0.15, 0.2) is 0 Å². The lowest BCUT2D eigenvalue weighted by Crippen LogP contribution is -1.94. The molecule has 0 saturated carbocycles. The standard InChI is InChI=1S/C9H7F2N/c1-6-4-7(10)5-9(11)8(6)2-3-12/h4-5H,2H2,1H3. The predicted molar refractivity (Wildman–Crippen MR) is 40.4 cm³/mol. The number of rotatable bonds is 1. The molecule has 1 rings (SSSR count). The van der Waals surface area contributed by atoms with E-state index >= 15 is 0 Å². The minimum Gasteiger partial charge on any atom is -0.207 e. The van der Waals surface area contributed by atoms with Crippen LogP contribution in [0.15, 0.2) is 12.1 Å². The molecular weight excluding hydrogens is 160 g/mol. The minimum absolute atomic E-state index is 0.0159. The molecule has 12 heavy (non-hydrogen) atoms. The van der Waals surface area contributed by atoms with Crippen LogP contribution in [0, 0.1) is 29.9 Å². The lowest BCUT2D eigenvalue weighted by atomic mass is 10.1. The van der Waals surface area contributed by atoms with E-state index in [1.54, 1.807) is 6.92 Å². The van der Waals surface area contributed by atoms with Crippen molar-refractivity contribution in [3.8, 4) is 6.07 Å². The highest BCUT2D eigenvalue weighted by molar-refractivity contribution is 5.30. The van der Waals surface area contributed by atoms with E-state index in [0.29, 0.717) is 5.56 Å². The summed E-state index contributed by atoms with van der Waals surface area (Å²) in [5, 5.41) is 8.33. The van der Waals surface area contributed by atoms with E-state index in [1.165, 1.54) is 6.07 Å². The maximum absolute atomic E-state index is 12.9. The Balaban J connectivity index is 3.21. The van der Waals surface area contributed by atoms with Gasteiger partial charge in [-0.15, -0.1) is 0 Å². The monoisotopic (exact) mass is 167 g/mol. The summed E-state index contributed by atoms with van der Waals surface area (Å²) in [7, 11) is 0. The average molecular weight is 167 g/mol. The van der Waals surface area contributed by atoms with Crippen LogP contribution in [0.4, 0.5) is 8.78 Å². The highest BCUT2D eigenvalue weighted by Gasteiger charge is 2.06. The molecule has 0 saturated heterocycles. The van der Waals surface area contributed by atoms with Crippen molar-refractivity contribution in [3.63, 3.8) is 0 Å². The number of nitrogens with zero attached hydrogens (tertiary/aromatic N) is 1. The van der Waals surface area contributed by atoms with Crippen molar-refractivity contribution in [1.29, 1.82) is 5.26 Å². The van der Waals surface area contributed by atoms with Crippen molar-refractivity contribution >= 4 is 0 Å². The van der Waals surface area contributed by atoms with Gasteiger partial charge in [0.1, 0.15) is 11.6 Å². The molecule has 0 fully saturated rings. The fourth-order valence-electron chi connectivity index (χ4n) is 1.04. The predicted octanol–water partition coefficient (Wildman–Crippen LogP) is 2.34. The lowest BCUT2D eigenvalue weighted by Gasteiger charge is -2.02. The van der Waals surface area contributed by atoms with E-state index in [-0.39, 0.29) is 12.0 Å². The molecule has 0 aliphatic heterocycles. The van der Waals surface area contributed by atoms with Gasteiger partial charge in [-0.1, -0.05) is 0 Å². The summed E-state index contributed by atoms with van der Waals surface area (Å²) in [5.74, 6) is -1.25. The summed E-state index contributed by atoms with van der Waals surface area (Å²) in [5.41, 5.74) is 0.757. The van der Waals surface area contributed by atoms with Gasteiger partial charge in [-0.25, -0.2) is 8.78 Å². The Morgan fingerprint density at radius 1 is 1.42 bits per heavy atom. The molecule has 1 aromatic rings. The normalized spacial score (nSPS) is 9.50. The van der Waals surface area contributed by atoms with Gasteiger partial charge in [-0.2, -0.15) is 5.26 Å². The van der Waals surface area contributed by atoms with Crippen molar-refractivity contribution in [1.82, 2.24) is 0 Å². The van der Waals surface area contributed by atoms with Gasteiger partial charge in [0.05, 0.1) is 12.5 Å². The van der Waals surface area contributed by atoms with E-state index in [9.17, 15) is 8.78 Å². The van der Waals surface area contributed by atoms with Crippen LogP contribution in [0.25, 0.3) is 0 Å². The van der Waals surface area contributed by atoms with Gasteiger partial charge in [-0.3, -0.25) is 0 Å². The molecule has 1 aromatic carbocycles. The molecule has 0 amide bonds. The van der Waals surface area contributed by atoms with Crippen molar-refractivity contribution < 1.29 is 8.78 Å². The number of aryl methyl sites for hydroxylation is 1. The summed E-state index contributed by atoms with van der Waals surface area (Å²) < 4.78 is 25.4. The molecule has 0 radical (unpaired) electrons. The van der Waals surface area contributed by atoms with E-state index in [1.807, 2.05) is 6.07 Å². The maximum atomic E-state index is 12.9. The Labute approximate surface area is 69.2 Å². The van der Waals surface area contributed by atoms with Crippen molar-refractivity contribution in [2.45, 2.75) is 13.3 Å². The molecule has 0 N–H and O–H groups in total. The second-order valence-corrected chi connectivity index (χ2v) is 2.52. The van der Waals surface area contributed by atoms with Crippen LogP contribution < -0.4 is 0 Å². The third-order valence-corrected chi connectivity index (χ3v) is 1.64. The van der Waals surface area contributed by atoms with Crippen molar-refractivity contribution in [3.05, 3.63) is 34.9 Å². The molecule has 0 heterocycles. The van der Waals surface area contributed by atoms with Crippen LogP contribution in [-0.4, -0.2) is 0 Å². The third-order valence-electron chi connectivity index (χ3n) is 1.64. The summed E-state index contributed by atoms with van der Waals surface area (Å²) in [6.45, 7) is 1.58. The van der Waals surface area contributed by atoms with Gasteiger partial charge in [0.25, 0.3) is 0 Å². The van der Waals surface area contributed by atoms with Crippen LogP contribution >= 0.6 is 0 Å². The Morgan fingerprint density at radius 3 is 2.58 bits per heavy atom. The highest BCUT2D eigenvalue weighted by Crippen LogP contribution is 2.15. The van der Waals surface area contributed by atoms with Crippen LogP contribution in [-0.2, 0) is 6.42 Å². The molecule has 0 spiro atoms. The molecule has 0 aliphatic carbocycles. The molecule has 3 heteroatoms. The summed E-state index contributed by atoms with van der Waals surface area (Å²) in [6, 6.07) is 3.83. The lowest BCUT2D eigenvalue weighted by molar-refractivity contribution is 0.573. The molecular formula is C9H7F2N. The van der Waals surface area contributed by atoms with Crippen LogP contribution in [0.5, 0.6) is 0 Å². The quantitative estimate of drug-likeness (QED) is 0.629. The van der Waals surface area contributed by atoms with Gasteiger partial charge in [-0.05, 0) is 18.6 Å². The molecule has 0 aliphatic rings. The number of hydrogen-bond acceptors (Lipinski definition) is 1. The average Bonchev–Trinajstić information content (AvgIpc) is 1.96. The number of halogens is 2. The number of hydrogen-bond donors (Lipinski definition) is 0. The first-order chi connectivity index (χ1) is 5.65. The van der Waals surface area contributed by atoms with Crippen LogP contribution in [0.3, 0.4) is 0 Å². The number of benzene rings is 1. The van der Waals surface area contributed by atoms with Crippen molar-refractivity contribution in [2.75, 3.05) is 0 Å². The van der Waals surface area contributed by atoms with Crippen molar-refractivity contribution in [2.24, 2.45) is 0 Å². The fraction of sp³-hybridized carbons (Fsp3) is 0.222. The largest absolute Gasteiger partial charge is 0.207 e. The zero-order valence-electron chi connectivity index (χ0n) is 6.56. The first-order valence-electron chi connectivity index (χ1n) is 3.46. The third kappa shape index (κ3) is 1.59. The van der Waals surface area contributed by atoms with Gasteiger partial charge in [0.2, 0.25) is 0 Å². The van der Waals surface area contributed by atoms with E-state index in [2.05, 4.69) is 0 Å². The van der Waals surface area contributed by atoms with Gasteiger partial charge < -0.3 is 0 Å². The molecule has 0 bridgehead atoms. The van der Waals surface area contributed by atoms with Gasteiger partial charge in [0, 0.05) is 11.6 Å². The first-order valence-corrected chi connectivity index (χ1v) is 3.46. The molecule has 0 aromatic heterocycles. The Hall–Kier alpha value is -1.43. The fourth-order valence-corrected chi connectivity index (χ4v) is 1.04. The topological polar surface area (TPSA) is 23.8 Å². The zero-order valence-corrected chi connectivity index (χ0v) is 6.56. The zero-order chi connectivity index (χ0) is 9.14. The first kappa shape index (κ1) is 8.66. The maximum Gasteiger partial charge on any atom is 0.130 e.